The minimum atomic E-state index is -0.0426. The molecule has 0 fully saturated rings. The van der Waals surface area contributed by atoms with Gasteiger partial charge in [0.25, 0.3) is 5.91 Å². The Kier molecular flexibility index (Phi) is 6.09. The number of amides is 1. The van der Waals surface area contributed by atoms with Gasteiger partial charge in [0, 0.05) is 31.7 Å². The van der Waals surface area contributed by atoms with E-state index in [0.29, 0.717) is 11.5 Å². The van der Waals surface area contributed by atoms with Crippen molar-refractivity contribution in [3.63, 3.8) is 0 Å². The highest BCUT2D eigenvalue weighted by molar-refractivity contribution is 5.93. The van der Waals surface area contributed by atoms with E-state index in [9.17, 15) is 4.79 Å². The maximum atomic E-state index is 12.2. The highest BCUT2D eigenvalue weighted by Crippen LogP contribution is 2.18. The number of nitrogens with zero attached hydrogens (tertiary/aromatic N) is 3. The first-order valence-corrected chi connectivity index (χ1v) is 8.08. The summed E-state index contributed by atoms with van der Waals surface area (Å²) in [6.07, 6.45) is 6.15. The summed E-state index contributed by atoms with van der Waals surface area (Å²) in [5.74, 6) is 0.456. The van der Waals surface area contributed by atoms with Gasteiger partial charge in [-0.1, -0.05) is 38.5 Å². The first-order chi connectivity index (χ1) is 11.2. The standard InChI is InChI=1S/C18H24N4O/c1-4-6-11-22(3)17(23)15-12-19-18(20-13-15)21-16-10-8-7-9-14(16)5-2/h7-10,12-13H,4-6,11H2,1-3H3,(H,19,20,21). The molecular formula is C18H24N4O. The molecular weight excluding hydrogens is 288 g/mol. The summed E-state index contributed by atoms with van der Waals surface area (Å²) in [5.41, 5.74) is 2.71. The number of hydrogen-bond donors (Lipinski definition) is 1. The van der Waals surface area contributed by atoms with Gasteiger partial charge >= 0.3 is 0 Å². The molecule has 0 aliphatic carbocycles. The lowest BCUT2D eigenvalue weighted by molar-refractivity contribution is 0.0792. The van der Waals surface area contributed by atoms with Gasteiger partial charge in [0.1, 0.15) is 0 Å². The van der Waals surface area contributed by atoms with E-state index in [4.69, 9.17) is 0 Å². The molecule has 122 valence electrons. The average Bonchev–Trinajstić information content (AvgIpc) is 2.60. The monoisotopic (exact) mass is 312 g/mol. The van der Waals surface area contributed by atoms with Gasteiger partial charge in [0.05, 0.1) is 5.56 Å². The maximum Gasteiger partial charge on any atom is 0.256 e. The van der Waals surface area contributed by atoms with E-state index in [-0.39, 0.29) is 5.91 Å². The lowest BCUT2D eigenvalue weighted by Gasteiger charge is -2.16. The first-order valence-electron chi connectivity index (χ1n) is 8.08. The van der Waals surface area contributed by atoms with Crippen LogP contribution in [0.25, 0.3) is 0 Å². The van der Waals surface area contributed by atoms with Crippen LogP contribution in [-0.2, 0) is 6.42 Å². The quantitative estimate of drug-likeness (QED) is 0.847. The van der Waals surface area contributed by atoms with Crippen LogP contribution in [0.1, 0.15) is 42.6 Å². The van der Waals surface area contributed by atoms with Gasteiger partial charge in [0.2, 0.25) is 5.95 Å². The largest absolute Gasteiger partial charge is 0.342 e. The van der Waals surface area contributed by atoms with Gasteiger partial charge in [-0.2, -0.15) is 0 Å². The smallest absolute Gasteiger partial charge is 0.256 e. The molecule has 1 amide bonds. The Morgan fingerprint density at radius 2 is 1.87 bits per heavy atom. The van der Waals surface area contributed by atoms with Crippen molar-refractivity contribution in [3.8, 4) is 0 Å². The SMILES string of the molecule is CCCCN(C)C(=O)c1cnc(Nc2ccccc2CC)nc1. The van der Waals surface area contributed by atoms with Crippen LogP contribution in [0.5, 0.6) is 0 Å². The van der Waals surface area contributed by atoms with E-state index in [0.717, 1.165) is 31.5 Å². The summed E-state index contributed by atoms with van der Waals surface area (Å²) >= 11 is 0. The zero-order valence-electron chi connectivity index (χ0n) is 14.0. The van der Waals surface area contributed by atoms with Crippen molar-refractivity contribution < 1.29 is 4.79 Å². The Bertz CT molecular complexity index is 640. The molecule has 0 bridgehead atoms. The minimum absolute atomic E-state index is 0.0426. The van der Waals surface area contributed by atoms with Gasteiger partial charge in [0.15, 0.2) is 0 Å². The van der Waals surface area contributed by atoms with E-state index in [2.05, 4.69) is 35.2 Å². The summed E-state index contributed by atoms with van der Waals surface area (Å²) in [6.45, 7) is 4.96. The Morgan fingerprint density at radius 3 is 2.52 bits per heavy atom. The number of aromatic nitrogens is 2. The molecule has 1 aromatic carbocycles. The number of benzene rings is 1. The fraction of sp³-hybridized carbons (Fsp3) is 0.389. The van der Waals surface area contributed by atoms with Gasteiger partial charge in [-0.15, -0.1) is 0 Å². The second kappa shape index (κ2) is 8.27. The molecule has 1 N–H and O–H groups in total. The molecule has 0 radical (unpaired) electrons. The molecule has 2 rings (SSSR count). The van der Waals surface area contributed by atoms with E-state index in [1.54, 1.807) is 17.3 Å². The van der Waals surface area contributed by atoms with Crippen molar-refractivity contribution in [2.45, 2.75) is 33.1 Å². The molecule has 2 aromatic rings. The molecule has 0 aliphatic rings. The topological polar surface area (TPSA) is 58.1 Å². The third kappa shape index (κ3) is 4.52. The summed E-state index contributed by atoms with van der Waals surface area (Å²) in [6, 6.07) is 8.06. The third-order valence-electron chi connectivity index (χ3n) is 3.74. The lowest BCUT2D eigenvalue weighted by Crippen LogP contribution is -2.27. The van der Waals surface area contributed by atoms with Crippen LogP contribution in [0.15, 0.2) is 36.7 Å². The molecule has 5 heteroatoms. The van der Waals surface area contributed by atoms with Gasteiger partial charge in [-0.3, -0.25) is 4.79 Å². The fourth-order valence-electron chi connectivity index (χ4n) is 2.29. The number of aryl methyl sites for hydroxylation is 1. The van der Waals surface area contributed by atoms with Crippen molar-refractivity contribution >= 4 is 17.5 Å². The molecule has 1 aromatic heterocycles. The second-order valence-electron chi connectivity index (χ2n) is 5.51. The Labute approximate surface area is 137 Å². The Hall–Kier alpha value is -2.43. The van der Waals surface area contributed by atoms with Crippen LogP contribution < -0.4 is 5.32 Å². The van der Waals surface area contributed by atoms with E-state index in [1.165, 1.54) is 5.56 Å². The van der Waals surface area contributed by atoms with Gasteiger partial charge < -0.3 is 10.2 Å². The van der Waals surface area contributed by atoms with Crippen LogP contribution >= 0.6 is 0 Å². The number of rotatable bonds is 7. The average molecular weight is 312 g/mol. The number of carbonyl (C=O) groups excluding carboxylic acids is 1. The van der Waals surface area contributed by atoms with Crippen LogP contribution in [0.4, 0.5) is 11.6 Å². The van der Waals surface area contributed by atoms with Gasteiger partial charge in [-0.25, -0.2) is 9.97 Å². The van der Waals surface area contributed by atoms with Crippen molar-refractivity contribution in [3.05, 3.63) is 47.8 Å². The predicted octanol–water partition coefficient (Wildman–Crippen LogP) is 3.65. The molecule has 0 atom stereocenters. The first kappa shape index (κ1) is 16.9. The third-order valence-corrected chi connectivity index (χ3v) is 3.74. The van der Waals surface area contributed by atoms with E-state index < -0.39 is 0 Å². The molecule has 1 heterocycles. The summed E-state index contributed by atoms with van der Waals surface area (Å²) in [5, 5.41) is 3.21. The van der Waals surface area contributed by atoms with Crippen LogP contribution in [-0.4, -0.2) is 34.4 Å². The number of para-hydroxylation sites is 1. The maximum absolute atomic E-state index is 12.2. The van der Waals surface area contributed by atoms with Crippen LogP contribution in [0.2, 0.25) is 0 Å². The number of unbranched alkanes of at least 4 members (excludes halogenated alkanes) is 1. The summed E-state index contributed by atoms with van der Waals surface area (Å²) in [4.78, 5) is 22.5. The number of carbonyl (C=O) groups is 1. The normalized spacial score (nSPS) is 10.4. The highest BCUT2D eigenvalue weighted by Gasteiger charge is 2.12. The zero-order valence-corrected chi connectivity index (χ0v) is 14.0. The molecule has 5 nitrogen and oxygen atoms in total. The molecule has 0 aliphatic heterocycles. The number of anilines is 2. The number of hydrogen-bond acceptors (Lipinski definition) is 4. The van der Waals surface area contributed by atoms with E-state index >= 15 is 0 Å². The highest BCUT2D eigenvalue weighted by atomic mass is 16.2. The van der Waals surface area contributed by atoms with Crippen molar-refractivity contribution in [1.29, 1.82) is 0 Å². The van der Waals surface area contributed by atoms with Crippen LogP contribution in [0, 0.1) is 0 Å². The number of nitrogens with one attached hydrogen (secondary N) is 1. The molecule has 0 spiro atoms. The Morgan fingerprint density at radius 1 is 1.17 bits per heavy atom. The predicted molar refractivity (Wildman–Crippen MR) is 93.0 cm³/mol. The van der Waals surface area contributed by atoms with Crippen LogP contribution in [0.3, 0.4) is 0 Å². The zero-order chi connectivity index (χ0) is 16.7. The molecule has 0 saturated heterocycles. The molecule has 23 heavy (non-hydrogen) atoms. The summed E-state index contributed by atoms with van der Waals surface area (Å²) < 4.78 is 0. The summed E-state index contributed by atoms with van der Waals surface area (Å²) in [7, 11) is 1.81. The van der Waals surface area contributed by atoms with E-state index in [1.807, 2.05) is 25.2 Å². The molecule has 0 saturated carbocycles. The van der Waals surface area contributed by atoms with Crippen molar-refractivity contribution in [2.24, 2.45) is 0 Å². The fourth-order valence-corrected chi connectivity index (χ4v) is 2.29. The lowest BCUT2D eigenvalue weighted by atomic mass is 10.1. The minimum Gasteiger partial charge on any atom is -0.342 e. The molecule has 0 unspecified atom stereocenters. The van der Waals surface area contributed by atoms with Crippen molar-refractivity contribution in [1.82, 2.24) is 14.9 Å². The second-order valence-corrected chi connectivity index (χ2v) is 5.51. The Balaban J connectivity index is 2.06. The van der Waals surface area contributed by atoms with Gasteiger partial charge in [-0.05, 0) is 24.5 Å². The van der Waals surface area contributed by atoms with Crippen molar-refractivity contribution in [2.75, 3.05) is 18.9 Å².